The molecular formula is C16H12N4O3. The van der Waals surface area contributed by atoms with Gasteiger partial charge in [-0.25, -0.2) is 10.4 Å². The molecule has 0 atom stereocenters. The van der Waals surface area contributed by atoms with Crippen LogP contribution in [-0.2, 0) is 0 Å². The number of hydrogen-bond acceptors (Lipinski definition) is 5. The Morgan fingerprint density at radius 1 is 1.22 bits per heavy atom. The number of imidazole rings is 1. The van der Waals surface area contributed by atoms with E-state index in [1.807, 2.05) is 30.3 Å². The van der Waals surface area contributed by atoms with Gasteiger partial charge in [0.25, 0.3) is 0 Å². The van der Waals surface area contributed by atoms with Crippen molar-refractivity contribution in [2.24, 2.45) is 5.10 Å². The number of rotatable bonds is 3. The Morgan fingerprint density at radius 3 is 3.00 bits per heavy atom. The first-order chi connectivity index (χ1) is 11.3. The van der Waals surface area contributed by atoms with E-state index >= 15 is 0 Å². The lowest BCUT2D eigenvalue weighted by Crippen LogP contribution is -2.19. The number of carbonyl (C=O) groups is 1. The van der Waals surface area contributed by atoms with Gasteiger partial charge in [-0.3, -0.25) is 4.79 Å². The third-order valence-corrected chi connectivity index (χ3v) is 3.38. The Labute approximate surface area is 130 Å². The van der Waals surface area contributed by atoms with Gasteiger partial charge in [0.05, 0.1) is 17.2 Å². The smallest absolute Gasteiger partial charge is 0.307 e. The molecule has 114 valence electrons. The molecule has 3 aromatic rings. The molecule has 0 saturated carbocycles. The largest absolute Gasteiger partial charge is 0.454 e. The minimum Gasteiger partial charge on any atom is -0.454 e. The average Bonchev–Trinajstić information content (AvgIpc) is 3.20. The molecule has 7 heteroatoms. The summed E-state index contributed by atoms with van der Waals surface area (Å²) < 4.78 is 10.5. The number of para-hydroxylation sites is 2. The van der Waals surface area contributed by atoms with E-state index in [1.54, 1.807) is 12.1 Å². The first kappa shape index (κ1) is 13.3. The minimum atomic E-state index is -0.404. The molecule has 0 saturated heterocycles. The number of aromatic nitrogens is 2. The fraction of sp³-hybridized carbons (Fsp3) is 0.0625. The van der Waals surface area contributed by atoms with Crippen molar-refractivity contribution in [2.75, 3.05) is 6.79 Å². The third-order valence-electron chi connectivity index (χ3n) is 3.38. The van der Waals surface area contributed by atoms with Crippen LogP contribution in [0.1, 0.15) is 16.2 Å². The van der Waals surface area contributed by atoms with Crippen LogP contribution in [0.3, 0.4) is 0 Å². The molecule has 7 nitrogen and oxygen atoms in total. The van der Waals surface area contributed by atoms with Crippen LogP contribution in [0.25, 0.3) is 11.0 Å². The van der Waals surface area contributed by atoms with E-state index in [9.17, 15) is 4.79 Å². The maximum Gasteiger partial charge on any atom is 0.307 e. The van der Waals surface area contributed by atoms with Gasteiger partial charge in [0, 0.05) is 0 Å². The quantitative estimate of drug-likeness (QED) is 0.572. The monoisotopic (exact) mass is 308 g/mol. The Bertz CT molecular complexity index is 884. The fourth-order valence-corrected chi connectivity index (χ4v) is 2.27. The third kappa shape index (κ3) is 2.59. The van der Waals surface area contributed by atoms with Crippen molar-refractivity contribution in [1.82, 2.24) is 15.4 Å². The number of carbonyl (C=O) groups excluding carboxylic acids is 1. The van der Waals surface area contributed by atoms with Crippen LogP contribution in [0.5, 0.6) is 11.5 Å². The number of nitrogens with one attached hydrogen (secondary N) is 2. The van der Waals surface area contributed by atoms with E-state index in [2.05, 4.69) is 20.5 Å². The molecule has 4 rings (SSSR count). The van der Waals surface area contributed by atoms with Gasteiger partial charge < -0.3 is 14.5 Å². The van der Waals surface area contributed by atoms with Gasteiger partial charge in [-0.05, 0) is 35.9 Å². The highest BCUT2D eigenvalue weighted by molar-refractivity contribution is 5.94. The molecule has 2 aromatic carbocycles. The van der Waals surface area contributed by atoms with Gasteiger partial charge in [-0.15, -0.1) is 0 Å². The summed E-state index contributed by atoms with van der Waals surface area (Å²) in [5.74, 6) is 1.18. The lowest BCUT2D eigenvalue weighted by molar-refractivity contribution is 0.0946. The normalized spacial score (nSPS) is 12.9. The Kier molecular flexibility index (Phi) is 3.16. The summed E-state index contributed by atoms with van der Waals surface area (Å²) >= 11 is 0. The number of fused-ring (bicyclic) bond motifs is 2. The van der Waals surface area contributed by atoms with E-state index in [-0.39, 0.29) is 12.6 Å². The molecule has 0 radical (unpaired) electrons. The molecule has 0 fully saturated rings. The zero-order valence-corrected chi connectivity index (χ0v) is 11.9. The van der Waals surface area contributed by atoms with Crippen molar-refractivity contribution in [3.63, 3.8) is 0 Å². The zero-order chi connectivity index (χ0) is 15.6. The van der Waals surface area contributed by atoms with Crippen LogP contribution in [-0.4, -0.2) is 28.9 Å². The highest BCUT2D eigenvalue weighted by Crippen LogP contribution is 2.31. The highest BCUT2D eigenvalue weighted by Gasteiger charge is 2.13. The summed E-state index contributed by atoms with van der Waals surface area (Å²) in [6.45, 7) is 0.221. The van der Waals surface area contributed by atoms with Gasteiger partial charge in [0.15, 0.2) is 17.3 Å². The number of hydrogen-bond donors (Lipinski definition) is 2. The van der Waals surface area contributed by atoms with Crippen LogP contribution in [0, 0.1) is 0 Å². The zero-order valence-electron chi connectivity index (χ0n) is 11.9. The van der Waals surface area contributed by atoms with Gasteiger partial charge in [0.2, 0.25) is 6.79 Å². The number of nitrogens with zero attached hydrogens (tertiary/aromatic N) is 2. The van der Waals surface area contributed by atoms with Crippen molar-refractivity contribution >= 4 is 23.2 Å². The molecule has 0 unspecified atom stereocenters. The Hall–Kier alpha value is -3.35. The average molecular weight is 308 g/mol. The maximum absolute atomic E-state index is 12.0. The fourth-order valence-electron chi connectivity index (χ4n) is 2.27. The van der Waals surface area contributed by atoms with Gasteiger partial charge in [-0.1, -0.05) is 12.1 Å². The molecule has 1 aromatic heterocycles. The number of ether oxygens (including phenoxy) is 2. The standard InChI is InChI=1S/C16H12N4O3/c21-16(15-18-11-3-1-2-4-12(11)19-15)20-17-8-10-5-6-13-14(7-10)23-9-22-13/h1-8H,9H2,(H,18,19)(H,20,21)/b17-8+. The van der Waals surface area contributed by atoms with E-state index in [4.69, 9.17) is 9.47 Å². The van der Waals surface area contributed by atoms with Crippen molar-refractivity contribution in [2.45, 2.75) is 0 Å². The summed E-state index contributed by atoms with van der Waals surface area (Å²) in [4.78, 5) is 19.2. The number of aromatic amines is 1. The number of amides is 1. The predicted molar refractivity (Wildman–Crippen MR) is 83.7 cm³/mol. The first-order valence-corrected chi connectivity index (χ1v) is 6.97. The molecule has 1 aliphatic heterocycles. The molecule has 1 aliphatic rings. The molecule has 0 spiro atoms. The lowest BCUT2D eigenvalue weighted by Gasteiger charge is -1.98. The summed E-state index contributed by atoms with van der Waals surface area (Å²) in [5.41, 5.74) is 4.77. The van der Waals surface area contributed by atoms with Crippen molar-refractivity contribution in [3.05, 3.63) is 53.9 Å². The van der Waals surface area contributed by atoms with Gasteiger partial charge in [0.1, 0.15) is 0 Å². The first-order valence-electron chi connectivity index (χ1n) is 6.97. The number of H-pyrrole nitrogens is 1. The van der Waals surface area contributed by atoms with Crippen molar-refractivity contribution in [3.8, 4) is 11.5 Å². The summed E-state index contributed by atoms with van der Waals surface area (Å²) in [6.07, 6.45) is 1.53. The highest BCUT2D eigenvalue weighted by atomic mass is 16.7. The second-order valence-corrected chi connectivity index (χ2v) is 4.91. The van der Waals surface area contributed by atoms with Gasteiger partial charge >= 0.3 is 5.91 Å². The molecule has 23 heavy (non-hydrogen) atoms. The predicted octanol–water partition coefficient (Wildman–Crippen LogP) is 2.06. The number of hydrazone groups is 1. The van der Waals surface area contributed by atoms with Crippen LogP contribution in [0.2, 0.25) is 0 Å². The van der Waals surface area contributed by atoms with E-state index in [0.717, 1.165) is 16.6 Å². The minimum absolute atomic E-state index is 0.217. The van der Waals surface area contributed by atoms with E-state index in [1.165, 1.54) is 6.21 Å². The molecular weight excluding hydrogens is 296 g/mol. The van der Waals surface area contributed by atoms with E-state index in [0.29, 0.717) is 11.5 Å². The van der Waals surface area contributed by atoms with Crippen LogP contribution >= 0.6 is 0 Å². The Morgan fingerprint density at radius 2 is 2.09 bits per heavy atom. The van der Waals surface area contributed by atoms with Crippen LogP contribution < -0.4 is 14.9 Å². The molecule has 2 heterocycles. The van der Waals surface area contributed by atoms with Crippen molar-refractivity contribution < 1.29 is 14.3 Å². The number of benzene rings is 2. The SMILES string of the molecule is O=C(N/N=C/c1ccc2c(c1)OCO2)c1nc2ccccc2[nH]1. The molecule has 1 amide bonds. The summed E-state index contributed by atoms with van der Waals surface area (Å²) in [5, 5.41) is 3.93. The summed E-state index contributed by atoms with van der Waals surface area (Å²) in [7, 11) is 0. The second-order valence-electron chi connectivity index (χ2n) is 4.91. The molecule has 0 bridgehead atoms. The molecule has 2 N–H and O–H groups in total. The van der Waals surface area contributed by atoms with Crippen LogP contribution in [0.4, 0.5) is 0 Å². The topological polar surface area (TPSA) is 88.6 Å². The lowest BCUT2D eigenvalue weighted by atomic mass is 10.2. The second kappa shape index (κ2) is 5.45. The Balaban J connectivity index is 1.46. The van der Waals surface area contributed by atoms with Crippen LogP contribution in [0.15, 0.2) is 47.6 Å². The van der Waals surface area contributed by atoms with Crippen molar-refractivity contribution in [1.29, 1.82) is 0 Å². The van der Waals surface area contributed by atoms with Gasteiger partial charge in [-0.2, -0.15) is 5.10 Å². The molecule has 0 aliphatic carbocycles. The maximum atomic E-state index is 12.0. The van der Waals surface area contributed by atoms with E-state index < -0.39 is 5.91 Å². The summed E-state index contributed by atoms with van der Waals surface area (Å²) in [6, 6.07) is 12.8.